The summed E-state index contributed by atoms with van der Waals surface area (Å²) in [5.41, 5.74) is 1.41. The number of aromatic nitrogens is 1. The maximum absolute atomic E-state index is 13.4. The molecule has 1 amide bonds. The van der Waals surface area contributed by atoms with E-state index < -0.39 is 23.2 Å². The Hall–Kier alpha value is -2.17. The highest BCUT2D eigenvalue weighted by Gasteiger charge is 2.16. The Morgan fingerprint density at radius 2 is 1.83 bits per heavy atom. The standard InChI is InChI=1S/C13H12F2N2O/c1-7-6-9(8(2)16-7)13(18)17-12-10(14)4-3-5-11(12)15/h3-6,16H,1-2H3,(H,17,18). The monoisotopic (exact) mass is 250 g/mol. The summed E-state index contributed by atoms with van der Waals surface area (Å²) in [6.07, 6.45) is 0. The van der Waals surface area contributed by atoms with Crippen LogP contribution < -0.4 is 5.32 Å². The van der Waals surface area contributed by atoms with Crippen LogP contribution in [0.5, 0.6) is 0 Å². The van der Waals surface area contributed by atoms with Gasteiger partial charge in [-0.3, -0.25) is 4.79 Å². The molecule has 2 rings (SSSR count). The molecule has 2 aromatic rings. The van der Waals surface area contributed by atoms with Crippen molar-refractivity contribution in [3.8, 4) is 0 Å². The third kappa shape index (κ3) is 2.25. The number of amides is 1. The van der Waals surface area contributed by atoms with Crippen molar-refractivity contribution in [2.75, 3.05) is 5.32 Å². The molecule has 0 bridgehead atoms. The number of carbonyl (C=O) groups excluding carboxylic acids is 1. The van der Waals surface area contributed by atoms with E-state index in [1.807, 2.05) is 0 Å². The van der Waals surface area contributed by atoms with Gasteiger partial charge in [-0.1, -0.05) is 6.07 Å². The van der Waals surface area contributed by atoms with Crippen LogP contribution in [0.2, 0.25) is 0 Å². The normalized spacial score (nSPS) is 10.4. The van der Waals surface area contributed by atoms with Gasteiger partial charge in [0.25, 0.3) is 5.91 Å². The molecular weight excluding hydrogens is 238 g/mol. The van der Waals surface area contributed by atoms with Gasteiger partial charge in [0, 0.05) is 11.4 Å². The highest BCUT2D eigenvalue weighted by atomic mass is 19.1. The summed E-state index contributed by atoms with van der Waals surface area (Å²) in [5.74, 6) is -2.14. The highest BCUT2D eigenvalue weighted by Crippen LogP contribution is 2.20. The third-order valence-corrected chi connectivity index (χ3v) is 2.60. The molecule has 1 heterocycles. The molecule has 2 N–H and O–H groups in total. The van der Waals surface area contributed by atoms with Crippen molar-refractivity contribution in [3.05, 3.63) is 52.9 Å². The molecule has 0 aliphatic heterocycles. The lowest BCUT2D eigenvalue weighted by Gasteiger charge is -2.06. The SMILES string of the molecule is Cc1cc(C(=O)Nc2c(F)cccc2F)c(C)[nH]1. The first kappa shape index (κ1) is 12.3. The fourth-order valence-corrected chi connectivity index (χ4v) is 1.76. The van der Waals surface area contributed by atoms with Gasteiger partial charge in [-0.25, -0.2) is 8.78 Å². The molecule has 0 saturated heterocycles. The van der Waals surface area contributed by atoms with Gasteiger partial charge >= 0.3 is 0 Å². The third-order valence-electron chi connectivity index (χ3n) is 2.60. The summed E-state index contributed by atoms with van der Waals surface area (Å²) < 4.78 is 26.7. The minimum Gasteiger partial charge on any atom is -0.362 e. The minimum absolute atomic E-state index is 0.371. The van der Waals surface area contributed by atoms with Crippen LogP contribution in [0.4, 0.5) is 14.5 Å². The van der Waals surface area contributed by atoms with Crippen LogP contribution in [0.1, 0.15) is 21.7 Å². The number of anilines is 1. The molecule has 94 valence electrons. The van der Waals surface area contributed by atoms with E-state index in [0.717, 1.165) is 17.8 Å². The zero-order valence-corrected chi connectivity index (χ0v) is 9.97. The van der Waals surface area contributed by atoms with Crippen molar-refractivity contribution in [2.45, 2.75) is 13.8 Å². The molecule has 0 unspecified atom stereocenters. The van der Waals surface area contributed by atoms with Crippen LogP contribution in [-0.4, -0.2) is 10.9 Å². The number of hydrogen-bond acceptors (Lipinski definition) is 1. The smallest absolute Gasteiger partial charge is 0.257 e. The topological polar surface area (TPSA) is 44.9 Å². The summed E-state index contributed by atoms with van der Waals surface area (Å²) in [7, 11) is 0. The quantitative estimate of drug-likeness (QED) is 0.844. The van der Waals surface area contributed by atoms with E-state index in [1.54, 1.807) is 19.9 Å². The first-order valence-electron chi connectivity index (χ1n) is 5.40. The number of benzene rings is 1. The molecule has 0 aliphatic carbocycles. The van der Waals surface area contributed by atoms with Crippen molar-refractivity contribution < 1.29 is 13.6 Å². The summed E-state index contributed by atoms with van der Waals surface area (Å²) in [6.45, 7) is 3.52. The highest BCUT2D eigenvalue weighted by molar-refractivity contribution is 6.05. The summed E-state index contributed by atoms with van der Waals surface area (Å²) in [4.78, 5) is 14.8. The van der Waals surface area contributed by atoms with Gasteiger partial charge in [0.2, 0.25) is 0 Å². The summed E-state index contributed by atoms with van der Waals surface area (Å²) in [6, 6.07) is 5.05. The van der Waals surface area contributed by atoms with Gasteiger partial charge in [-0.15, -0.1) is 0 Å². The predicted molar refractivity (Wildman–Crippen MR) is 64.6 cm³/mol. The number of carbonyl (C=O) groups is 1. The van der Waals surface area contributed by atoms with Crippen molar-refractivity contribution in [2.24, 2.45) is 0 Å². The van der Waals surface area contributed by atoms with E-state index in [1.165, 1.54) is 6.07 Å². The fraction of sp³-hybridized carbons (Fsp3) is 0.154. The molecular formula is C13H12F2N2O. The number of aromatic amines is 1. The molecule has 0 fully saturated rings. The van der Waals surface area contributed by atoms with Crippen molar-refractivity contribution in [1.29, 1.82) is 0 Å². The first-order valence-corrected chi connectivity index (χ1v) is 5.40. The molecule has 18 heavy (non-hydrogen) atoms. The number of H-pyrrole nitrogens is 1. The molecule has 0 aliphatic rings. The zero-order chi connectivity index (χ0) is 13.3. The Labute approximate surface area is 103 Å². The van der Waals surface area contributed by atoms with E-state index in [9.17, 15) is 13.6 Å². The van der Waals surface area contributed by atoms with Gasteiger partial charge in [0.05, 0.1) is 5.56 Å². The van der Waals surface area contributed by atoms with Gasteiger partial charge < -0.3 is 10.3 Å². The van der Waals surface area contributed by atoms with Gasteiger partial charge in [0.1, 0.15) is 17.3 Å². The Bertz CT molecular complexity index is 585. The maximum Gasteiger partial charge on any atom is 0.257 e. The van der Waals surface area contributed by atoms with Crippen LogP contribution in [-0.2, 0) is 0 Å². The van der Waals surface area contributed by atoms with Gasteiger partial charge in [-0.05, 0) is 32.0 Å². The van der Waals surface area contributed by atoms with E-state index in [-0.39, 0.29) is 0 Å². The molecule has 1 aromatic carbocycles. The summed E-state index contributed by atoms with van der Waals surface area (Å²) in [5, 5.41) is 2.24. The lowest BCUT2D eigenvalue weighted by molar-refractivity contribution is 0.102. The van der Waals surface area contributed by atoms with E-state index in [2.05, 4.69) is 10.3 Å². The van der Waals surface area contributed by atoms with E-state index in [4.69, 9.17) is 0 Å². The Morgan fingerprint density at radius 1 is 1.22 bits per heavy atom. The number of aryl methyl sites for hydroxylation is 2. The second-order valence-corrected chi connectivity index (χ2v) is 4.04. The van der Waals surface area contributed by atoms with Crippen molar-refractivity contribution in [1.82, 2.24) is 4.98 Å². The molecule has 0 saturated carbocycles. The number of hydrogen-bond donors (Lipinski definition) is 2. The molecule has 0 radical (unpaired) electrons. The molecule has 1 aromatic heterocycles. The second kappa shape index (κ2) is 4.60. The van der Waals surface area contributed by atoms with Crippen LogP contribution in [0.15, 0.2) is 24.3 Å². The van der Waals surface area contributed by atoms with Crippen LogP contribution in [0.3, 0.4) is 0 Å². The maximum atomic E-state index is 13.4. The minimum atomic E-state index is -0.798. The lowest BCUT2D eigenvalue weighted by Crippen LogP contribution is -2.14. The zero-order valence-electron chi connectivity index (χ0n) is 9.97. The second-order valence-electron chi connectivity index (χ2n) is 4.04. The largest absolute Gasteiger partial charge is 0.362 e. The number of rotatable bonds is 2. The number of para-hydroxylation sites is 1. The van der Waals surface area contributed by atoms with Gasteiger partial charge in [-0.2, -0.15) is 0 Å². The molecule has 5 heteroatoms. The van der Waals surface area contributed by atoms with Crippen molar-refractivity contribution >= 4 is 11.6 Å². The van der Waals surface area contributed by atoms with Crippen LogP contribution >= 0.6 is 0 Å². The fourth-order valence-electron chi connectivity index (χ4n) is 1.76. The van der Waals surface area contributed by atoms with E-state index in [0.29, 0.717) is 11.3 Å². The van der Waals surface area contributed by atoms with Crippen molar-refractivity contribution in [3.63, 3.8) is 0 Å². The Morgan fingerprint density at radius 3 is 2.33 bits per heavy atom. The summed E-state index contributed by atoms with van der Waals surface area (Å²) >= 11 is 0. The molecule has 3 nitrogen and oxygen atoms in total. The number of halogens is 2. The van der Waals surface area contributed by atoms with E-state index >= 15 is 0 Å². The molecule has 0 spiro atoms. The molecule has 0 atom stereocenters. The average molecular weight is 250 g/mol. The van der Waals surface area contributed by atoms with Crippen LogP contribution in [0, 0.1) is 25.5 Å². The Balaban J connectivity index is 2.30. The Kier molecular flexibility index (Phi) is 3.14. The average Bonchev–Trinajstić information content (AvgIpc) is 2.63. The first-order chi connectivity index (χ1) is 8.49. The van der Waals surface area contributed by atoms with Gasteiger partial charge in [0.15, 0.2) is 0 Å². The number of nitrogens with one attached hydrogen (secondary N) is 2. The lowest BCUT2D eigenvalue weighted by atomic mass is 10.2. The van der Waals surface area contributed by atoms with Crippen LogP contribution in [0.25, 0.3) is 0 Å². The predicted octanol–water partition coefficient (Wildman–Crippen LogP) is 3.16.